The third-order valence-electron chi connectivity index (χ3n) is 3.49. The molecule has 1 aromatic rings. The number of anilines is 1. The summed E-state index contributed by atoms with van der Waals surface area (Å²) in [7, 11) is 2.18. The van der Waals surface area contributed by atoms with Crippen LogP contribution in [-0.4, -0.2) is 25.4 Å². The first kappa shape index (κ1) is 13.8. The van der Waals surface area contributed by atoms with Crippen molar-refractivity contribution in [2.45, 2.75) is 43.5 Å². The van der Waals surface area contributed by atoms with Gasteiger partial charge in [-0.1, -0.05) is 0 Å². The molecule has 0 fully saturated rings. The lowest BCUT2D eigenvalue weighted by atomic mass is 10.1. The number of nitrogens with two attached hydrogens (primary N) is 1. The first-order valence-electron chi connectivity index (χ1n) is 6.89. The Bertz CT molecular complexity index is 390. The van der Waals surface area contributed by atoms with Crippen LogP contribution in [0.25, 0.3) is 0 Å². The van der Waals surface area contributed by atoms with E-state index < -0.39 is 0 Å². The minimum absolute atomic E-state index is 0.318. The Morgan fingerprint density at radius 3 is 3.06 bits per heavy atom. The maximum atomic E-state index is 5.79. The zero-order valence-corrected chi connectivity index (χ0v) is 12.3. The smallest absolute Gasteiger partial charge is 0.0367 e. The van der Waals surface area contributed by atoms with E-state index in [9.17, 15) is 0 Å². The van der Waals surface area contributed by atoms with Crippen LogP contribution in [0, 0.1) is 0 Å². The highest BCUT2D eigenvalue weighted by Gasteiger charge is 2.11. The van der Waals surface area contributed by atoms with Gasteiger partial charge in [0.15, 0.2) is 0 Å². The Morgan fingerprint density at radius 2 is 2.28 bits per heavy atom. The topological polar surface area (TPSA) is 29.3 Å². The Kier molecular flexibility index (Phi) is 4.95. The lowest BCUT2D eigenvalue weighted by molar-refractivity contribution is 0.621. The summed E-state index contributed by atoms with van der Waals surface area (Å²) >= 11 is 2.00. The van der Waals surface area contributed by atoms with Gasteiger partial charge in [-0.25, -0.2) is 0 Å². The van der Waals surface area contributed by atoms with Crippen LogP contribution in [0.4, 0.5) is 5.69 Å². The van der Waals surface area contributed by atoms with Crippen molar-refractivity contribution < 1.29 is 0 Å². The summed E-state index contributed by atoms with van der Waals surface area (Å²) in [6, 6.07) is 7.23. The summed E-state index contributed by atoms with van der Waals surface area (Å²) in [5.41, 5.74) is 8.67. The van der Waals surface area contributed by atoms with Crippen molar-refractivity contribution in [2.24, 2.45) is 5.73 Å². The Morgan fingerprint density at radius 1 is 1.44 bits per heavy atom. The van der Waals surface area contributed by atoms with Crippen molar-refractivity contribution in [3.05, 3.63) is 23.8 Å². The molecule has 0 radical (unpaired) electrons. The number of aryl methyl sites for hydroxylation is 1. The molecule has 1 aliphatic rings. The van der Waals surface area contributed by atoms with Gasteiger partial charge in [0.05, 0.1) is 0 Å². The molecule has 0 amide bonds. The maximum absolute atomic E-state index is 5.79. The molecule has 1 aromatic carbocycles. The van der Waals surface area contributed by atoms with E-state index in [1.165, 1.54) is 41.2 Å². The molecule has 0 saturated carbocycles. The van der Waals surface area contributed by atoms with E-state index in [1.54, 1.807) is 0 Å². The molecular weight excluding hydrogens is 240 g/mol. The fourth-order valence-electron chi connectivity index (χ4n) is 2.36. The molecule has 1 atom stereocenters. The highest BCUT2D eigenvalue weighted by atomic mass is 32.2. The van der Waals surface area contributed by atoms with Gasteiger partial charge >= 0.3 is 0 Å². The molecule has 3 heteroatoms. The quantitative estimate of drug-likeness (QED) is 0.885. The van der Waals surface area contributed by atoms with Crippen LogP contribution in [0.1, 0.15) is 31.7 Å². The second kappa shape index (κ2) is 6.48. The molecule has 0 aliphatic carbocycles. The molecular formula is C15H24N2S. The van der Waals surface area contributed by atoms with Crippen LogP contribution in [0.15, 0.2) is 23.1 Å². The van der Waals surface area contributed by atoms with Gasteiger partial charge in [-0.2, -0.15) is 0 Å². The number of hydrogen-bond acceptors (Lipinski definition) is 3. The van der Waals surface area contributed by atoms with Gasteiger partial charge in [-0.05, 0) is 62.1 Å². The van der Waals surface area contributed by atoms with Crippen molar-refractivity contribution in [1.29, 1.82) is 0 Å². The maximum Gasteiger partial charge on any atom is 0.0367 e. The molecule has 1 heterocycles. The predicted molar refractivity (Wildman–Crippen MR) is 81.6 cm³/mol. The van der Waals surface area contributed by atoms with Crippen molar-refractivity contribution in [3.8, 4) is 0 Å². The van der Waals surface area contributed by atoms with Crippen LogP contribution >= 0.6 is 11.8 Å². The molecule has 100 valence electrons. The summed E-state index contributed by atoms with van der Waals surface area (Å²) in [4.78, 5) is 3.83. The van der Waals surface area contributed by atoms with Crippen LogP contribution in [0.2, 0.25) is 0 Å². The lowest BCUT2D eigenvalue weighted by Crippen LogP contribution is -2.22. The van der Waals surface area contributed by atoms with Crippen molar-refractivity contribution in [1.82, 2.24) is 0 Å². The van der Waals surface area contributed by atoms with Gasteiger partial charge in [0.25, 0.3) is 0 Å². The third-order valence-corrected chi connectivity index (χ3v) is 4.69. The zero-order valence-electron chi connectivity index (χ0n) is 11.5. The van der Waals surface area contributed by atoms with Gasteiger partial charge < -0.3 is 10.6 Å². The molecule has 1 unspecified atom stereocenters. The van der Waals surface area contributed by atoms with E-state index in [0.717, 1.165) is 13.0 Å². The monoisotopic (exact) mass is 264 g/mol. The molecule has 0 saturated heterocycles. The fourth-order valence-corrected chi connectivity index (χ4v) is 3.38. The van der Waals surface area contributed by atoms with Crippen LogP contribution in [-0.2, 0) is 6.42 Å². The van der Waals surface area contributed by atoms with E-state index in [4.69, 9.17) is 5.73 Å². The van der Waals surface area contributed by atoms with Crippen molar-refractivity contribution in [3.63, 3.8) is 0 Å². The minimum Gasteiger partial charge on any atom is -0.375 e. The summed E-state index contributed by atoms with van der Waals surface area (Å²) in [6.07, 6.45) is 4.82. The minimum atomic E-state index is 0.318. The summed E-state index contributed by atoms with van der Waals surface area (Å²) in [5, 5.41) is 0. The Hall–Kier alpha value is -0.670. The first-order chi connectivity index (χ1) is 8.66. The molecule has 0 bridgehead atoms. The standard InChI is InChI=1S/C15H24N2S/c1-12(16)5-3-9-17(2)14-7-8-15-13(11-14)6-4-10-18-15/h7-8,11-12H,3-6,9-10,16H2,1-2H3. The average Bonchev–Trinajstić information content (AvgIpc) is 2.37. The predicted octanol–water partition coefficient (Wildman–Crippen LogP) is 3.29. The number of thioether (sulfide) groups is 1. The van der Waals surface area contributed by atoms with E-state index in [1.807, 2.05) is 11.8 Å². The number of benzene rings is 1. The SMILES string of the molecule is CC(N)CCCN(C)c1ccc2c(c1)CCCS2. The normalized spacial score (nSPS) is 16.2. The number of fused-ring (bicyclic) bond motifs is 1. The summed E-state index contributed by atoms with van der Waals surface area (Å²) in [5.74, 6) is 1.27. The number of rotatable bonds is 5. The lowest BCUT2D eigenvalue weighted by Gasteiger charge is -2.23. The van der Waals surface area contributed by atoms with Crippen LogP contribution in [0.5, 0.6) is 0 Å². The second-order valence-electron chi connectivity index (χ2n) is 5.29. The largest absolute Gasteiger partial charge is 0.375 e. The fraction of sp³-hybridized carbons (Fsp3) is 0.600. The van der Waals surface area contributed by atoms with E-state index in [-0.39, 0.29) is 0 Å². The van der Waals surface area contributed by atoms with Gasteiger partial charge in [-0.3, -0.25) is 0 Å². The number of hydrogen-bond donors (Lipinski definition) is 1. The molecule has 2 nitrogen and oxygen atoms in total. The second-order valence-corrected chi connectivity index (χ2v) is 6.42. The third kappa shape index (κ3) is 3.66. The molecule has 1 aliphatic heterocycles. The Balaban J connectivity index is 1.95. The van der Waals surface area contributed by atoms with E-state index >= 15 is 0 Å². The van der Waals surface area contributed by atoms with Gasteiger partial charge in [-0.15, -0.1) is 11.8 Å². The molecule has 2 rings (SSSR count). The highest BCUT2D eigenvalue weighted by Crippen LogP contribution is 2.32. The zero-order chi connectivity index (χ0) is 13.0. The average molecular weight is 264 g/mol. The summed E-state index contributed by atoms with van der Waals surface area (Å²) < 4.78 is 0. The van der Waals surface area contributed by atoms with Gasteiger partial charge in [0.1, 0.15) is 0 Å². The van der Waals surface area contributed by atoms with Crippen molar-refractivity contribution >= 4 is 17.4 Å². The molecule has 0 spiro atoms. The van der Waals surface area contributed by atoms with Crippen LogP contribution in [0.3, 0.4) is 0 Å². The first-order valence-corrected chi connectivity index (χ1v) is 7.88. The highest BCUT2D eigenvalue weighted by molar-refractivity contribution is 7.99. The van der Waals surface area contributed by atoms with E-state index in [0.29, 0.717) is 6.04 Å². The number of nitrogens with zero attached hydrogens (tertiary/aromatic N) is 1. The van der Waals surface area contributed by atoms with Gasteiger partial charge in [0, 0.05) is 30.2 Å². The molecule has 2 N–H and O–H groups in total. The van der Waals surface area contributed by atoms with Crippen molar-refractivity contribution in [2.75, 3.05) is 24.2 Å². The molecule has 18 heavy (non-hydrogen) atoms. The van der Waals surface area contributed by atoms with E-state index in [2.05, 4.69) is 37.1 Å². The van der Waals surface area contributed by atoms with Gasteiger partial charge in [0.2, 0.25) is 0 Å². The molecule has 0 aromatic heterocycles. The Labute approximate surface area is 115 Å². The summed E-state index contributed by atoms with van der Waals surface area (Å²) in [6.45, 7) is 3.17. The van der Waals surface area contributed by atoms with Crippen LogP contribution < -0.4 is 10.6 Å².